The van der Waals surface area contributed by atoms with Gasteiger partial charge in [-0.2, -0.15) is 0 Å². The van der Waals surface area contributed by atoms with Gasteiger partial charge in [-0.3, -0.25) is 4.79 Å². The molecule has 2 rings (SSSR count). The maximum Gasteiger partial charge on any atom is 0.138 e. The number of hydrogen-bond donors (Lipinski definition) is 0. The monoisotopic (exact) mass is 341 g/mol. The van der Waals surface area contributed by atoms with Gasteiger partial charge in [0.25, 0.3) is 0 Å². The fraction of sp³-hybridized carbons (Fsp3) is 0.571. The number of carbonyl (C=O) groups is 1. The zero-order valence-corrected chi connectivity index (χ0v) is 16.5. The van der Waals surface area contributed by atoms with Gasteiger partial charge in [0.05, 0.1) is 12.2 Å². The summed E-state index contributed by atoms with van der Waals surface area (Å²) in [6, 6.07) is 8.71. The van der Waals surface area contributed by atoms with Crippen molar-refractivity contribution in [1.29, 1.82) is 0 Å². The van der Waals surface area contributed by atoms with Crippen LogP contribution in [0.1, 0.15) is 64.8 Å². The molecule has 1 heterocycles. The summed E-state index contributed by atoms with van der Waals surface area (Å²) >= 11 is 0. The second-order valence-corrected chi connectivity index (χ2v) is 9.13. The molecule has 1 aromatic heterocycles. The van der Waals surface area contributed by atoms with Crippen LogP contribution < -0.4 is 0 Å². The van der Waals surface area contributed by atoms with Crippen LogP contribution in [0.15, 0.2) is 30.5 Å². The Hall–Kier alpha value is -1.97. The van der Waals surface area contributed by atoms with Crippen LogP contribution in [0.25, 0.3) is 0 Å². The van der Waals surface area contributed by atoms with Crippen LogP contribution in [0, 0.1) is 10.8 Å². The summed E-state index contributed by atoms with van der Waals surface area (Å²) in [5.41, 5.74) is 3.45. The highest BCUT2D eigenvalue weighted by atomic mass is 16.1. The molecule has 0 fully saturated rings. The lowest BCUT2D eigenvalue weighted by atomic mass is 9.88. The summed E-state index contributed by atoms with van der Waals surface area (Å²) < 4.78 is 1.84. The molecule has 4 nitrogen and oxygen atoms in total. The molecular weight excluding hydrogens is 310 g/mol. The van der Waals surface area contributed by atoms with Crippen LogP contribution in [-0.4, -0.2) is 20.8 Å². The molecule has 136 valence electrons. The fourth-order valence-electron chi connectivity index (χ4n) is 2.71. The summed E-state index contributed by atoms with van der Waals surface area (Å²) in [6.45, 7) is 13.3. The first-order valence-electron chi connectivity index (χ1n) is 9.03. The zero-order valence-electron chi connectivity index (χ0n) is 16.5. The van der Waals surface area contributed by atoms with Gasteiger partial charge in [-0.05, 0) is 23.0 Å². The third kappa shape index (κ3) is 6.45. The summed E-state index contributed by atoms with van der Waals surface area (Å²) in [7, 11) is 0. The molecule has 0 unspecified atom stereocenters. The number of aryl methyl sites for hydroxylation is 1. The third-order valence-corrected chi connectivity index (χ3v) is 4.13. The van der Waals surface area contributed by atoms with Gasteiger partial charge in [0, 0.05) is 24.5 Å². The van der Waals surface area contributed by atoms with E-state index in [2.05, 4.69) is 55.3 Å². The SMILES string of the molecule is CC(C)(C)Cc1ccc(Cn2cc(CCC(=O)C(C)(C)C)nn2)cc1. The van der Waals surface area contributed by atoms with Gasteiger partial charge in [0.15, 0.2) is 0 Å². The molecule has 0 aliphatic rings. The minimum absolute atomic E-state index is 0.261. The first-order chi connectivity index (χ1) is 11.5. The molecule has 4 heteroatoms. The average Bonchev–Trinajstić information content (AvgIpc) is 2.92. The standard InChI is InChI=1S/C21H31N3O/c1-20(2,3)13-16-7-9-17(10-8-16)14-24-15-18(22-23-24)11-12-19(25)21(4,5)6/h7-10,15H,11-14H2,1-6H3. The van der Waals surface area contributed by atoms with Crippen LogP contribution in [0.4, 0.5) is 0 Å². The average molecular weight is 341 g/mol. The molecule has 0 radical (unpaired) electrons. The van der Waals surface area contributed by atoms with E-state index < -0.39 is 0 Å². The number of rotatable bonds is 6. The van der Waals surface area contributed by atoms with E-state index in [-0.39, 0.29) is 11.2 Å². The molecule has 0 bridgehead atoms. The van der Waals surface area contributed by atoms with Crippen molar-refractivity contribution in [2.24, 2.45) is 10.8 Å². The summed E-state index contributed by atoms with van der Waals surface area (Å²) in [6.07, 6.45) is 4.19. The fourth-order valence-corrected chi connectivity index (χ4v) is 2.71. The summed E-state index contributed by atoms with van der Waals surface area (Å²) in [5, 5.41) is 8.38. The number of aromatic nitrogens is 3. The first kappa shape index (κ1) is 19.4. The van der Waals surface area contributed by atoms with Gasteiger partial charge in [0.1, 0.15) is 5.78 Å². The van der Waals surface area contributed by atoms with Crippen molar-refractivity contribution in [1.82, 2.24) is 15.0 Å². The molecule has 0 aliphatic heterocycles. The van der Waals surface area contributed by atoms with Crippen molar-refractivity contribution in [2.45, 2.75) is 67.3 Å². The van der Waals surface area contributed by atoms with Gasteiger partial charge >= 0.3 is 0 Å². The Morgan fingerprint density at radius 2 is 1.60 bits per heavy atom. The Morgan fingerprint density at radius 3 is 2.16 bits per heavy atom. The Morgan fingerprint density at radius 1 is 1.00 bits per heavy atom. The van der Waals surface area contributed by atoms with Gasteiger partial charge < -0.3 is 0 Å². The number of benzene rings is 1. The lowest BCUT2D eigenvalue weighted by Gasteiger charge is -2.18. The summed E-state index contributed by atoms with van der Waals surface area (Å²) in [5.74, 6) is 0.261. The molecule has 0 aliphatic carbocycles. The third-order valence-electron chi connectivity index (χ3n) is 4.13. The quantitative estimate of drug-likeness (QED) is 0.779. The lowest BCUT2D eigenvalue weighted by molar-refractivity contribution is -0.126. The second kappa shape index (κ2) is 7.51. The van der Waals surface area contributed by atoms with Crippen LogP contribution in [-0.2, 0) is 24.2 Å². The van der Waals surface area contributed by atoms with Crippen molar-refractivity contribution >= 4 is 5.78 Å². The van der Waals surface area contributed by atoms with Gasteiger partial charge in [-0.15, -0.1) is 5.10 Å². The van der Waals surface area contributed by atoms with Crippen LogP contribution in [0.2, 0.25) is 0 Å². The minimum Gasteiger partial charge on any atom is -0.299 e. The smallest absolute Gasteiger partial charge is 0.138 e. The first-order valence-corrected chi connectivity index (χ1v) is 9.03. The highest BCUT2D eigenvalue weighted by Crippen LogP contribution is 2.21. The minimum atomic E-state index is -0.287. The molecule has 0 saturated carbocycles. The van der Waals surface area contributed by atoms with Crippen molar-refractivity contribution in [3.8, 4) is 0 Å². The number of Topliss-reactive ketones (excluding diaryl/α,β-unsaturated/α-hetero) is 1. The van der Waals surface area contributed by atoms with Crippen LogP contribution in [0.5, 0.6) is 0 Å². The lowest BCUT2D eigenvalue weighted by Crippen LogP contribution is -2.20. The largest absolute Gasteiger partial charge is 0.299 e. The van der Waals surface area contributed by atoms with Crippen molar-refractivity contribution in [2.75, 3.05) is 0 Å². The highest BCUT2D eigenvalue weighted by Gasteiger charge is 2.20. The molecular formula is C21H31N3O. The zero-order chi connectivity index (χ0) is 18.7. The molecule has 1 aromatic carbocycles. The topological polar surface area (TPSA) is 47.8 Å². The Balaban J connectivity index is 1.91. The van der Waals surface area contributed by atoms with Crippen molar-refractivity contribution in [3.05, 3.63) is 47.3 Å². The molecule has 0 N–H and O–H groups in total. The number of nitrogens with zero attached hydrogens (tertiary/aromatic N) is 3. The second-order valence-electron chi connectivity index (χ2n) is 9.13. The molecule has 25 heavy (non-hydrogen) atoms. The van der Waals surface area contributed by atoms with E-state index in [4.69, 9.17) is 0 Å². The summed E-state index contributed by atoms with van der Waals surface area (Å²) in [4.78, 5) is 12.0. The van der Waals surface area contributed by atoms with E-state index >= 15 is 0 Å². The number of carbonyl (C=O) groups excluding carboxylic acids is 1. The maximum atomic E-state index is 12.0. The van der Waals surface area contributed by atoms with E-state index in [1.54, 1.807) is 0 Å². The van der Waals surface area contributed by atoms with Crippen LogP contribution >= 0.6 is 0 Å². The molecule has 0 amide bonds. The molecule has 0 spiro atoms. The maximum absolute atomic E-state index is 12.0. The van der Waals surface area contributed by atoms with Gasteiger partial charge in [-0.1, -0.05) is 71.0 Å². The highest BCUT2D eigenvalue weighted by molar-refractivity contribution is 5.83. The Labute approximate surface area is 151 Å². The predicted molar refractivity (Wildman–Crippen MR) is 102 cm³/mol. The van der Waals surface area contributed by atoms with Crippen molar-refractivity contribution < 1.29 is 4.79 Å². The number of hydrogen-bond acceptors (Lipinski definition) is 3. The predicted octanol–water partition coefficient (Wildman–Crippen LogP) is 4.46. The van der Waals surface area contributed by atoms with E-state index in [1.165, 1.54) is 11.1 Å². The van der Waals surface area contributed by atoms with Crippen LogP contribution in [0.3, 0.4) is 0 Å². The van der Waals surface area contributed by atoms with Gasteiger partial charge in [-0.25, -0.2) is 4.68 Å². The van der Waals surface area contributed by atoms with Crippen molar-refractivity contribution in [3.63, 3.8) is 0 Å². The van der Waals surface area contributed by atoms with E-state index in [9.17, 15) is 4.79 Å². The molecule has 0 atom stereocenters. The van der Waals surface area contributed by atoms with Gasteiger partial charge in [0.2, 0.25) is 0 Å². The molecule has 0 saturated heterocycles. The molecule has 2 aromatic rings. The van der Waals surface area contributed by atoms with E-state index in [1.807, 2.05) is 31.6 Å². The number of ketones is 1. The Bertz CT molecular complexity index is 700. The van der Waals surface area contributed by atoms with E-state index in [0.29, 0.717) is 24.8 Å². The Kier molecular flexibility index (Phi) is 5.81. The van der Waals surface area contributed by atoms with E-state index in [0.717, 1.165) is 12.1 Å². The normalized spacial score (nSPS) is 12.4.